The maximum Gasteiger partial charge on any atom is 0.365 e. The third-order valence-corrected chi connectivity index (χ3v) is 2.70. The number of halogens is 2. The van der Waals surface area contributed by atoms with E-state index in [1.807, 2.05) is 0 Å². The van der Waals surface area contributed by atoms with Gasteiger partial charge in [-0.25, -0.2) is 9.18 Å². The highest BCUT2D eigenvalue weighted by molar-refractivity contribution is 6.30. The third-order valence-electron chi connectivity index (χ3n) is 2.45. The van der Waals surface area contributed by atoms with Gasteiger partial charge in [-0.15, -0.1) is 0 Å². The summed E-state index contributed by atoms with van der Waals surface area (Å²) in [6.45, 7) is 0. The van der Waals surface area contributed by atoms with E-state index < -0.39 is 11.8 Å². The molecule has 2 N–H and O–H groups in total. The molecule has 20 heavy (non-hydrogen) atoms. The number of hydrogen-bond donors (Lipinski definition) is 1. The second kappa shape index (κ2) is 6.16. The smallest absolute Gasteiger partial charge is 0.365 e. The highest BCUT2D eigenvalue weighted by atomic mass is 35.5. The van der Waals surface area contributed by atoms with Crippen molar-refractivity contribution in [3.63, 3.8) is 0 Å². The highest BCUT2D eigenvalue weighted by Crippen LogP contribution is 2.10. The zero-order valence-corrected chi connectivity index (χ0v) is 11.0. The third kappa shape index (κ3) is 3.55. The molecule has 4 nitrogen and oxygen atoms in total. The minimum absolute atomic E-state index is 0.0390. The van der Waals surface area contributed by atoms with E-state index in [1.165, 1.54) is 12.1 Å². The van der Waals surface area contributed by atoms with Crippen LogP contribution in [-0.2, 0) is 4.84 Å². The van der Waals surface area contributed by atoms with Gasteiger partial charge in [-0.2, -0.15) is 0 Å². The quantitative estimate of drug-likeness (QED) is 0.409. The molecular weight excluding hydrogens is 283 g/mol. The Labute approximate surface area is 119 Å². The number of benzene rings is 2. The summed E-state index contributed by atoms with van der Waals surface area (Å²) in [6.07, 6.45) is 0. The molecule has 0 radical (unpaired) electrons. The van der Waals surface area contributed by atoms with Crippen LogP contribution in [0.5, 0.6) is 0 Å². The number of nitrogens with zero attached hydrogens (tertiary/aromatic N) is 1. The number of hydrogen-bond acceptors (Lipinski definition) is 3. The summed E-state index contributed by atoms with van der Waals surface area (Å²) in [7, 11) is 0. The molecule has 0 fully saturated rings. The van der Waals surface area contributed by atoms with Crippen LogP contribution in [0.4, 0.5) is 4.39 Å². The summed E-state index contributed by atoms with van der Waals surface area (Å²) in [4.78, 5) is 16.3. The van der Waals surface area contributed by atoms with Crippen LogP contribution in [0.1, 0.15) is 15.9 Å². The number of rotatable bonds is 3. The lowest BCUT2D eigenvalue weighted by molar-refractivity contribution is 0.0516. The van der Waals surface area contributed by atoms with Crippen molar-refractivity contribution < 1.29 is 14.0 Å². The minimum atomic E-state index is -0.720. The van der Waals surface area contributed by atoms with Crippen LogP contribution < -0.4 is 5.73 Å². The molecule has 0 heterocycles. The zero-order valence-electron chi connectivity index (χ0n) is 10.2. The monoisotopic (exact) mass is 292 g/mol. The lowest BCUT2D eigenvalue weighted by Crippen LogP contribution is -2.15. The predicted molar refractivity (Wildman–Crippen MR) is 74.0 cm³/mol. The molecule has 0 amide bonds. The van der Waals surface area contributed by atoms with Crippen LogP contribution in [0, 0.1) is 5.82 Å². The van der Waals surface area contributed by atoms with Gasteiger partial charge < -0.3 is 10.6 Å². The number of amidine groups is 1. The molecule has 6 heteroatoms. The Morgan fingerprint density at radius 3 is 2.20 bits per heavy atom. The molecule has 0 bridgehead atoms. The van der Waals surface area contributed by atoms with Gasteiger partial charge in [-0.3, -0.25) is 0 Å². The van der Waals surface area contributed by atoms with Gasteiger partial charge in [0.25, 0.3) is 0 Å². The Morgan fingerprint density at radius 1 is 1.05 bits per heavy atom. The van der Waals surface area contributed by atoms with E-state index in [0.29, 0.717) is 10.6 Å². The average molecular weight is 293 g/mol. The number of nitrogens with two attached hydrogens (primary N) is 1. The fourth-order valence-electron chi connectivity index (χ4n) is 1.40. The molecule has 0 saturated carbocycles. The predicted octanol–water partition coefficient (Wildman–Crippen LogP) is 2.96. The molecule has 0 aliphatic heterocycles. The van der Waals surface area contributed by atoms with E-state index in [4.69, 9.17) is 17.3 Å². The van der Waals surface area contributed by atoms with E-state index in [-0.39, 0.29) is 11.4 Å². The van der Waals surface area contributed by atoms with Crippen LogP contribution in [0.3, 0.4) is 0 Å². The number of oxime groups is 1. The Morgan fingerprint density at radius 2 is 1.60 bits per heavy atom. The van der Waals surface area contributed by atoms with Crippen molar-refractivity contribution in [1.29, 1.82) is 0 Å². The van der Waals surface area contributed by atoms with Gasteiger partial charge in [0.05, 0.1) is 5.56 Å². The minimum Gasteiger partial charge on any atom is -0.380 e. The van der Waals surface area contributed by atoms with E-state index in [0.717, 1.165) is 12.1 Å². The maximum atomic E-state index is 12.7. The molecule has 0 saturated heterocycles. The first-order valence-electron chi connectivity index (χ1n) is 5.62. The summed E-state index contributed by atoms with van der Waals surface area (Å²) in [6, 6.07) is 11.5. The van der Waals surface area contributed by atoms with Crippen LogP contribution in [0.25, 0.3) is 0 Å². The van der Waals surface area contributed by atoms with Gasteiger partial charge in [0.15, 0.2) is 5.84 Å². The largest absolute Gasteiger partial charge is 0.380 e. The standard InChI is InChI=1S/C14H10ClFN2O2/c15-11-5-1-9(2-6-11)13(17)18-20-14(19)10-3-7-12(16)8-4-10/h1-8H,(H2,17,18). The van der Waals surface area contributed by atoms with Gasteiger partial charge in [0.1, 0.15) is 5.82 Å². The van der Waals surface area contributed by atoms with Gasteiger partial charge in [-0.05, 0) is 48.5 Å². The van der Waals surface area contributed by atoms with Crippen molar-refractivity contribution in [2.24, 2.45) is 10.9 Å². The molecule has 0 atom stereocenters. The number of carbonyl (C=O) groups is 1. The Kier molecular flexibility index (Phi) is 4.32. The Hall–Kier alpha value is -2.40. The fourth-order valence-corrected chi connectivity index (χ4v) is 1.53. The van der Waals surface area contributed by atoms with Crippen LogP contribution in [-0.4, -0.2) is 11.8 Å². The van der Waals surface area contributed by atoms with Gasteiger partial charge in [0.2, 0.25) is 0 Å². The van der Waals surface area contributed by atoms with E-state index >= 15 is 0 Å². The van der Waals surface area contributed by atoms with Gasteiger partial charge in [0, 0.05) is 10.6 Å². The molecular formula is C14H10ClFN2O2. The first kappa shape index (κ1) is 14.0. The zero-order chi connectivity index (χ0) is 14.5. The van der Waals surface area contributed by atoms with Crippen LogP contribution >= 0.6 is 11.6 Å². The molecule has 0 aromatic heterocycles. The van der Waals surface area contributed by atoms with Crippen molar-refractivity contribution in [3.05, 3.63) is 70.5 Å². The molecule has 0 aliphatic carbocycles. The van der Waals surface area contributed by atoms with Crippen molar-refractivity contribution in [2.45, 2.75) is 0 Å². The van der Waals surface area contributed by atoms with Crippen LogP contribution in [0.15, 0.2) is 53.7 Å². The van der Waals surface area contributed by atoms with Gasteiger partial charge >= 0.3 is 5.97 Å². The first-order chi connectivity index (χ1) is 9.56. The van der Waals surface area contributed by atoms with E-state index in [2.05, 4.69) is 9.99 Å². The SMILES string of the molecule is N/C(=N/OC(=O)c1ccc(F)cc1)c1ccc(Cl)cc1. The molecule has 2 rings (SSSR count). The summed E-state index contributed by atoms with van der Waals surface area (Å²) in [5, 5.41) is 4.09. The fraction of sp³-hybridized carbons (Fsp3) is 0. The maximum absolute atomic E-state index is 12.7. The molecule has 0 unspecified atom stereocenters. The van der Waals surface area contributed by atoms with Crippen molar-refractivity contribution >= 4 is 23.4 Å². The second-order valence-corrected chi connectivity index (χ2v) is 4.31. The molecule has 0 aliphatic rings. The molecule has 2 aromatic rings. The number of carbonyl (C=O) groups excluding carboxylic acids is 1. The summed E-state index contributed by atoms with van der Waals surface area (Å²) in [5.74, 6) is -1.12. The second-order valence-electron chi connectivity index (χ2n) is 3.87. The van der Waals surface area contributed by atoms with Gasteiger partial charge in [-0.1, -0.05) is 16.8 Å². The van der Waals surface area contributed by atoms with Crippen LogP contribution in [0.2, 0.25) is 5.02 Å². The lowest BCUT2D eigenvalue weighted by atomic mass is 10.2. The van der Waals surface area contributed by atoms with Crippen molar-refractivity contribution in [3.8, 4) is 0 Å². The van der Waals surface area contributed by atoms with E-state index in [1.54, 1.807) is 24.3 Å². The molecule has 2 aromatic carbocycles. The lowest BCUT2D eigenvalue weighted by Gasteiger charge is -2.01. The molecule has 0 spiro atoms. The summed E-state index contributed by atoms with van der Waals surface area (Å²) in [5.41, 5.74) is 6.42. The summed E-state index contributed by atoms with van der Waals surface area (Å²) >= 11 is 5.74. The summed E-state index contributed by atoms with van der Waals surface area (Å²) < 4.78 is 12.7. The van der Waals surface area contributed by atoms with E-state index in [9.17, 15) is 9.18 Å². The normalized spacial score (nSPS) is 11.2. The Bertz CT molecular complexity index is 639. The average Bonchev–Trinajstić information content (AvgIpc) is 2.46. The van der Waals surface area contributed by atoms with Crippen molar-refractivity contribution in [2.75, 3.05) is 0 Å². The molecule has 102 valence electrons. The van der Waals surface area contributed by atoms with Crippen molar-refractivity contribution in [1.82, 2.24) is 0 Å². The Balaban J connectivity index is 2.06. The first-order valence-corrected chi connectivity index (χ1v) is 6.00. The topological polar surface area (TPSA) is 64.7 Å². The highest BCUT2D eigenvalue weighted by Gasteiger charge is 2.08.